The first-order chi connectivity index (χ1) is 19.4. The SMILES string of the molecule is CON=C(C)C(=O)N1CC2CC(C1)C2Nc1cc(C(=O)N2CC[C@@H](N3CCc4ccccc4C3)[C@H](O)C2)ncn1. The normalized spacial score (nSPS) is 28.4. The summed E-state index contributed by atoms with van der Waals surface area (Å²) in [5.74, 6) is 0.940. The standard InChI is InChI=1S/C29H37N7O4/c1-18(33-40-2)28(38)36-14-21-11-22(15-36)27(21)32-26-12-23(30-17-31-26)29(39)35-10-8-24(25(37)16-35)34-9-7-19-5-3-4-6-20(19)13-34/h3-6,12,17,21-22,24-25,27,37H,7-11,13-16H2,1-2H3,(H,30,31,32)/t21?,22?,24-,25-,27?/m1/s1. The average molecular weight is 548 g/mol. The van der Waals surface area contributed by atoms with Crippen LogP contribution in [0.2, 0.25) is 0 Å². The van der Waals surface area contributed by atoms with E-state index in [1.807, 2.05) is 4.90 Å². The molecule has 2 aromatic rings. The molecule has 212 valence electrons. The number of anilines is 1. The molecule has 5 aliphatic rings. The van der Waals surface area contributed by atoms with Crippen LogP contribution in [0.25, 0.3) is 0 Å². The Morgan fingerprint density at radius 3 is 2.60 bits per heavy atom. The summed E-state index contributed by atoms with van der Waals surface area (Å²) in [5, 5.41) is 18.3. The molecule has 40 heavy (non-hydrogen) atoms. The number of carbonyl (C=O) groups is 2. The topological polar surface area (TPSA) is 123 Å². The molecule has 1 aliphatic carbocycles. The number of nitrogens with one attached hydrogen (secondary N) is 1. The first-order valence-electron chi connectivity index (χ1n) is 14.1. The average Bonchev–Trinajstić information content (AvgIpc) is 2.99. The number of rotatable bonds is 6. The lowest BCUT2D eigenvalue weighted by Gasteiger charge is -2.53. The minimum absolute atomic E-state index is 0.0362. The number of benzene rings is 1. The van der Waals surface area contributed by atoms with Crippen molar-refractivity contribution in [3.8, 4) is 0 Å². The Morgan fingerprint density at radius 1 is 1.07 bits per heavy atom. The van der Waals surface area contributed by atoms with E-state index in [1.54, 1.807) is 17.9 Å². The molecule has 7 rings (SSSR count). The minimum atomic E-state index is -0.611. The zero-order valence-corrected chi connectivity index (χ0v) is 23.1. The zero-order chi connectivity index (χ0) is 27.8. The van der Waals surface area contributed by atoms with Crippen molar-refractivity contribution < 1.29 is 19.5 Å². The summed E-state index contributed by atoms with van der Waals surface area (Å²) in [5.41, 5.74) is 3.38. The molecule has 0 radical (unpaired) electrons. The minimum Gasteiger partial charge on any atom is -0.399 e. The summed E-state index contributed by atoms with van der Waals surface area (Å²) in [6, 6.07) is 10.4. The highest BCUT2D eigenvalue weighted by atomic mass is 16.6. The van der Waals surface area contributed by atoms with Crippen LogP contribution < -0.4 is 5.32 Å². The Labute approximate surface area is 234 Å². The van der Waals surface area contributed by atoms with Crippen LogP contribution >= 0.6 is 0 Å². The molecule has 4 aliphatic heterocycles. The van der Waals surface area contributed by atoms with Crippen molar-refractivity contribution in [2.45, 2.75) is 50.9 Å². The number of hydrogen-bond acceptors (Lipinski definition) is 9. The highest BCUT2D eigenvalue weighted by molar-refractivity contribution is 6.37. The second kappa shape index (κ2) is 11.1. The van der Waals surface area contributed by atoms with Crippen LogP contribution in [0.5, 0.6) is 0 Å². The molecule has 2 N–H and O–H groups in total. The number of nitrogens with zero attached hydrogens (tertiary/aromatic N) is 6. The van der Waals surface area contributed by atoms with Gasteiger partial charge in [0.2, 0.25) is 0 Å². The van der Waals surface area contributed by atoms with Gasteiger partial charge in [0, 0.05) is 57.4 Å². The molecule has 2 unspecified atom stereocenters. The van der Waals surface area contributed by atoms with E-state index in [9.17, 15) is 14.7 Å². The van der Waals surface area contributed by atoms with Gasteiger partial charge in [0.15, 0.2) is 0 Å². The number of hydrogen-bond donors (Lipinski definition) is 2. The predicted molar refractivity (Wildman–Crippen MR) is 149 cm³/mol. The molecule has 4 fully saturated rings. The van der Waals surface area contributed by atoms with Gasteiger partial charge in [0.25, 0.3) is 11.8 Å². The van der Waals surface area contributed by atoms with Gasteiger partial charge in [-0.15, -0.1) is 0 Å². The van der Waals surface area contributed by atoms with Crippen LogP contribution in [0.3, 0.4) is 0 Å². The number of piperidine rings is 3. The number of aliphatic hydroxyl groups is 1. The van der Waals surface area contributed by atoms with Crippen molar-refractivity contribution in [2.24, 2.45) is 17.0 Å². The van der Waals surface area contributed by atoms with Crippen LogP contribution in [0.1, 0.15) is 41.4 Å². The third-order valence-electron chi connectivity index (χ3n) is 9.02. The van der Waals surface area contributed by atoms with Gasteiger partial charge in [-0.3, -0.25) is 14.5 Å². The summed E-state index contributed by atoms with van der Waals surface area (Å²) in [4.78, 5) is 45.2. The number of likely N-dealkylation sites (tertiary alicyclic amines) is 1. The molecule has 11 heteroatoms. The maximum Gasteiger partial charge on any atom is 0.272 e. The van der Waals surface area contributed by atoms with Crippen molar-refractivity contribution in [3.63, 3.8) is 0 Å². The van der Waals surface area contributed by atoms with Crippen LogP contribution in [0, 0.1) is 11.8 Å². The van der Waals surface area contributed by atoms with E-state index in [0.29, 0.717) is 48.7 Å². The van der Waals surface area contributed by atoms with Gasteiger partial charge < -0.3 is 25.1 Å². The molecular weight excluding hydrogens is 510 g/mol. The van der Waals surface area contributed by atoms with E-state index in [4.69, 9.17) is 4.84 Å². The highest BCUT2D eigenvalue weighted by Gasteiger charge is 2.48. The fraction of sp³-hybridized carbons (Fsp3) is 0.552. The Hall–Kier alpha value is -3.57. The molecule has 1 saturated carbocycles. The van der Waals surface area contributed by atoms with Gasteiger partial charge in [-0.1, -0.05) is 29.4 Å². The van der Waals surface area contributed by atoms with Crippen molar-refractivity contribution in [1.29, 1.82) is 0 Å². The largest absolute Gasteiger partial charge is 0.399 e. The Kier molecular flexibility index (Phi) is 7.41. The van der Waals surface area contributed by atoms with E-state index < -0.39 is 6.10 Å². The molecule has 5 heterocycles. The van der Waals surface area contributed by atoms with Crippen LogP contribution in [-0.4, -0.2) is 105 Å². The highest BCUT2D eigenvalue weighted by Crippen LogP contribution is 2.41. The van der Waals surface area contributed by atoms with Crippen molar-refractivity contribution in [2.75, 3.05) is 45.2 Å². The summed E-state index contributed by atoms with van der Waals surface area (Å²) in [6.45, 7) is 5.58. The number of aliphatic hydroxyl groups excluding tert-OH is 1. The number of oxime groups is 1. The number of aromatic nitrogens is 2. The Balaban J connectivity index is 1.04. The quantitative estimate of drug-likeness (QED) is 0.411. The van der Waals surface area contributed by atoms with E-state index in [-0.39, 0.29) is 30.4 Å². The molecule has 11 nitrogen and oxygen atoms in total. The second-order valence-corrected chi connectivity index (χ2v) is 11.4. The van der Waals surface area contributed by atoms with Crippen LogP contribution in [0.15, 0.2) is 41.8 Å². The lowest BCUT2D eigenvalue weighted by molar-refractivity contribution is -0.131. The first kappa shape index (κ1) is 26.6. The van der Waals surface area contributed by atoms with Gasteiger partial charge in [0.1, 0.15) is 30.7 Å². The maximum atomic E-state index is 13.4. The number of fused-ring (bicyclic) bond motifs is 3. The molecule has 1 aromatic carbocycles. The van der Waals surface area contributed by atoms with Gasteiger partial charge in [-0.25, -0.2) is 9.97 Å². The second-order valence-electron chi connectivity index (χ2n) is 11.4. The summed E-state index contributed by atoms with van der Waals surface area (Å²) in [7, 11) is 1.43. The third-order valence-corrected chi connectivity index (χ3v) is 9.02. The van der Waals surface area contributed by atoms with Crippen molar-refractivity contribution in [1.82, 2.24) is 24.7 Å². The van der Waals surface area contributed by atoms with Crippen LogP contribution in [0.4, 0.5) is 5.82 Å². The van der Waals surface area contributed by atoms with E-state index in [2.05, 4.69) is 49.6 Å². The predicted octanol–water partition coefficient (Wildman–Crippen LogP) is 1.39. The summed E-state index contributed by atoms with van der Waals surface area (Å²) in [6.07, 6.45) is 3.56. The molecule has 0 spiro atoms. The van der Waals surface area contributed by atoms with Gasteiger partial charge in [-0.05, 0) is 49.1 Å². The van der Waals surface area contributed by atoms with Crippen molar-refractivity contribution in [3.05, 3.63) is 53.5 Å². The fourth-order valence-corrected chi connectivity index (χ4v) is 6.91. The first-order valence-corrected chi connectivity index (χ1v) is 14.1. The van der Waals surface area contributed by atoms with E-state index in [0.717, 1.165) is 32.4 Å². The summed E-state index contributed by atoms with van der Waals surface area (Å²) >= 11 is 0. The lowest BCUT2D eigenvalue weighted by Crippen LogP contribution is -2.62. The maximum absolute atomic E-state index is 13.4. The number of carbonyl (C=O) groups excluding carboxylic acids is 2. The Bertz CT molecular complexity index is 1290. The van der Waals surface area contributed by atoms with Crippen molar-refractivity contribution >= 4 is 23.3 Å². The van der Waals surface area contributed by atoms with Gasteiger partial charge in [-0.2, -0.15) is 0 Å². The number of amides is 2. The van der Waals surface area contributed by atoms with Crippen LogP contribution in [-0.2, 0) is 22.6 Å². The van der Waals surface area contributed by atoms with Gasteiger partial charge in [0.05, 0.1) is 6.10 Å². The smallest absolute Gasteiger partial charge is 0.272 e. The van der Waals surface area contributed by atoms with Gasteiger partial charge >= 0.3 is 0 Å². The number of β-amino-alcohol motifs (C(OH)–C–C–N with tert-alkyl or cyclic N) is 1. The lowest BCUT2D eigenvalue weighted by atomic mass is 9.66. The molecule has 4 atom stereocenters. The summed E-state index contributed by atoms with van der Waals surface area (Å²) < 4.78 is 0. The molecule has 1 aromatic heterocycles. The van der Waals surface area contributed by atoms with E-state index >= 15 is 0 Å². The Morgan fingerprint density at radius 2 is 1.85 bits per heavy atom. The molecule has 2 amide bonds. The zero-order valence-electron chi connectivity index (χ0n) is 23.1. The fourth-order valence-electron chi connectivity index (χ4n) is 6.91. The molecule has 3 saturated heterocycles. The van der Waals surface area contributed by atoms with E-state index in [1.165, 1.54) is 24.6 Å². The third kappa shape index (κ3) is 5.15. The molecular formula is C29H37N7O4. The monoisotopic (exact) mass is 547 g/mol. The molecule has 2 bridgehead atoms.